The molecule has 4 aromatic rings. The summed E-state index contributed by atoms with van der Waals surface area (Å²) in [4.78, 5) is 0. The molecular formula is C33H28Cl2Zr. The molecule has 0 saturated heterocycles. The van der Waals surface area contributed by atoms with E-state index in [0.717, 1.165) is 0 Å². The zero-order valence-corrected chi connectivity index (χ0v) is 24.4. The van der Waals surface area contributed by atoms with E-state index in [1.165, 1.54) is 47.7 Å². The van der Waals surface area contributed by atoms with Crippen LogP contribution in [-0.2, 0) is 15.9 Å². The number of rotatable bonds is 4. The van der Waals surface area contributed by atoms with Crippen molar-refractivity contribution in [3.05, 3.63) is 131 Å². The molecule has 0 N–H and O–H groups in total. The Kier molecular flexibility index (Phi) is 5.96. The summed E-state index contributed by atoms with van der Waals surface area (Å²) in [6, 6.07) is 34.3. The first kappa shape index (κ1) is 24.1. The van der Waals surface area contributed by atoms with E-state index in [0.29, 0.717) is 0 Å². The van der Waals surface area contributed by atoms with E-state index in [1.807, 2.05) is 0 Å². The van der Waals surface area contributed by atoms with Crippen molar-refractivity contribution in [3.8, 4) is 22.3 Å². The summed E-state index contributed by atoms with van der Waals surface area (Å²) in [6.07, 6.45) is 9.09. The van der Waals surface area contributed by atoms with E-state index >= 15 is 0 Å². The van der Waals surface area contributed by atoms with E-state index < -0.39 is 15.9 Å². The van der Waals surface area contributed by atoms with Crippen molar-refractivity contribution in [3.63, 3.8) is 0 Å². The summed E-state index contributed by atoms with van der Waals surface area (Å²) in [7, 11) is 16.1. The average molecular weight is 587 g/mol. The molecule has 2 aliphatic carbocycles. The first-order chi connectivity index (χ1) is 17.4. The van der Waals surface area contributed by atoms with Gasteiger partial charge in [-0.25, -0.2) is 0 Å². The summed E-state index contributed by atoms with van der Waals surface area (Å²) >= 11 is -4.72. The first-order valence-corrected chi connectivity index (χ1v) is 22.9. The molecule has 0 spiro atoms. The van der Waals surface area contributed by atoms with Gasteiger partial charge in [0, 0.05) is 0 Å². The van der Waals surface area contributed by atoms with Crippen LogP contribution >= 0.6 is 17.0 Å². The zero-order chi connectivity index (χ0) is 24.9. The van der Waals surface area contributed by atoms with Gasteiger partial charge in [-0.05, 0) is 0 Å². The summed E-state index contributed by atoms with van der Waals surface area (Å²) in [6.45, 7) is 4.32. The van der Waals surface area contributed by atoms with Crippen LogP contribution in [0, 0.1) is 0 Å². The topological polar surface area (TPSA) is 0 Å². The molecule has 0 heterocycles. The summed E-state index contributed by atoms with van der Waals surface area (Å²) in [5.41, 5.74) is 9.92. The number of fused-ring (bicyclic) bond motifs is 2. The number of hydrogen-bond acceptors (Lipinski definition) is 0. The predicted molar refractivity (Wildman–Crippen MR) is 155 cm³/mol. The molecule has 0 aliphatic heterocycles. The van der Waals surface area contributed by atoms with Gasteiger partial charge < -0.3 is 0 Å². The summed E-state index contributed by atoms with van der Waals surface area (Å²) in [5.74, 6) is 0. The van der Waals surface area contributed by atoms with Gasteiger partial charge in [0.05, 0.1) is 0 Å². The molecule has 0 nitrogen and oxygen atoms in total. The van der Waals surface area contributed by atoms with Gasteiger partial charge in [0.2, 0.25) is 0 Å². The molecule has 0 radical (unpaired) electrons. The minimum atomic E-state index is -4.72. The van der Waals surface area contributed by atoms with Crippen molar-refractivity contribution < 1.29 is 15.9 Å². The quantitative estimate of drug-likeness (QED) is 0.223. The molecule has 2 unspecified atom stereocenters. The van der Waals surface area contributed by atoms with Crippen molar-refractivity contribution in [2.75, 3.05) is 0 Å². The predicted octanol–water partition coefficient (Wildman–Crippen LogP) is 10.1. The van der Waals surface area contributed by atoms with Crippen LogP contribution in [0.15, 0.2) is 109 Å². The van der Waals surface area contributed by atoms with E-state index in [1.54, 1.807) is 0 Å². The molecule has 0 fully saturated rings. The minimum absolute atomic E-state index is 0.0133. The summed E-state index contributed by atoms with van der Waals surface area (Å²) < 4.78 is 1.22. The van der Waals surface area contributed by atoms with Crippen molar-refractivity contribution in [1.82, 2.24) is 0 Å². The van der Waals surface area contributed by atoms with Crippen LogP contribution in [0.5, 0.6) is 0 Å². The molecule has 0 amide bonds. The number of halogens is 2. The van der Waals surface area contributed by atoms with Crippen LogP contribution < -0.4 is 0 Å². The first-order valence-electron chi connectivity index (χ1n) is 12.5. The molecule has 178 valence electrons. The van der Waals surface area contributed by atoms with Crippen molar-refractivity contribution >= 4 is 32.4 Å². The van der Waals surface area contributed by atoms with Gasteiger partial charge in [-0.15, -0.1) is 0 Å². The molecule has 3 heteroatoms. The van der Waals surface area contributed by atoms with E-state index in [9.17, 15) is 0 Å². The third-order valence-electron chi connectivity index (χ3n) is 8.13. The molecule has 4 aromatic carbocycles. The Labute approximate surface area is 221 Å². The van der Waals surface area contributed by atoms with E-state index in [2.05, 4.69) is 135 Å². The van der Waals surface area contributed by atoms with Gasteiger partial charge in [0.15, 0.2) is 0 Å². The monoisotopic (exact) mass is 584 g/mol. The molecule has 36 heavy (non-hydrogen) atoms. The van der Waals surface area contributed by atoms with E-state index in [-0.39, 0.29) is 7.25 Å². The van der Waals surface area contributed by atoms with Crippen molar-refractivity contribution in [1.29, 1.82) is 0 Å². The zero-order valence-electron chi connectivity index (χ0n) is 20.5. The second-order valence-corrected chi connectivity index (χ2v) is 32.1. The van der Waals surface area contributed by atoms with Gasteiger partial charge >= 0.3 is 223 Å². The molecule has 0 bridgehead atoms. The molecule has 2 atom stereocenters. The Morgan fingerprint density at radius 2 is 0.972 bits per heavy atom. The number of allylic oxidation sites excluding steroid dienone is 2. The SMILES string of the molecule is C[C](C)=[Zr]([Cl])([Cl])([CH]1C=Cc2c(-c3ccccc3)cccc21)[CH]1C=Cc2c(-c3ccccc3)cccc21. The fourth-order valence-electron chi connectivity index (χ4n) is 6.15. The fraction of sp³-hybridized carbons (Fsp3) is 0.121. The van der Waals surface area contributed by atoms with Gasteiger partial charge in [0.25, 0.3) is 0 Å². The Morgan fingerprint density at radius 3 is 1.36 bits per heavy atom. The average Bonchev–Trinajstić information content (AvgIpc) is 3.55. The summed E-state index contributed by atoms with van der Waals surface area (Å²) in [5, 5.41) is 0. The molecule has 0 aromatic heterocycles. The standard InChI is InChI=1S/2C15H11.C3H6.2ClH.Zr/c2*1-2-6-12(7-3-1)14-10-4-8-13-9-5-11-15(13)14;1-3-2;;;/h2*1-11H;1-2H3;2*1H;/q;;;;;+2/p-2. The fourth-order valence-corrected chi connectivity index (χ4v) is 20.9. The van der Waals surface area contributed by atoms with E-state index in [4.69, 9.17) is 17.0 Å². The van der Waals surface area contributed by atoms with Crippen molar-refractivity contribution in [2.24, 2.45) is 0 Å². The van der Waals surface area contributed by atoms with Gasteiger partial charge in [-0.2, -0.15) is 0 Å². The Balaban J connectivity index is 1.52. The Bertz CT molecular complexity index is 1490. The molecule has 6 rings (SSSR count). The molecular weight excluding hydrogens is 558 g/mol. The maximum absolute atomic E-state index is 8.03. The Hall–Kier alpha value is -2.31. The van der Waals surface area contributed by atoms with Crippen LogP contribution in [0.1, 0.15) is 43.4 Å². The molecule has 2 aliphatic rings. The van der Waals surface area contributed by atoms with Gasteiger partial charge in [-0.3, -0.25) is 0 Å². The van der Waals surface area contributed by atoms with Crippen LogP contribution in [0.2, 0.25) is 0 Å². The number of benzene rings is 4. The third-order valence-corrected chi connectivity index (χ3v) is 30.9. The van der Waals surface area contributed by atoms with Crippen LogP contribution in [-0.4, -0.2) is 3.21 Å². The number of hydrogen-bond donors (Lipinski definition) is 0. The third kappa shape index (κ3) is 3.55. The van der Waals surface area contributed by atoms with Crippen LogP contribution in [0.3, 0.4) is 0 Å². The Morgan fingerprint density at radius 1 is 0.556 bits per heavy atom. The van der Waals surface area contributed by atoms with Crippen LogP contribution in [0.25, 0.3) is 34.4 Å². The maximum atomic E-state index is 8.03. The molecule has 0 saturated carbocycles. The van der Waals surface area contributed by atoms with Crippen molar-refractivity contribution in [2.45, 2.75) is 21.1 Å². The van der Waals surface area contributed by atoms with Gasteiger partial charge in [0.1, 0.15) is 0 Å². The second-order valence-electron chi connectivity index (χ2n) is 10.2. The van der Waals surface area contributed by atoms with Crippen LogP contribution in [0.4, 0.5) is 0 Å². The van der Waals surface area contributed by atoms with Gasteiger partial charge in [-0.1, -0.05) is 0 Å². The second kappa shape index (κ2) is 8.91. The normalized spacial score (nSPS) is 18.2.